The van der Waals surface area contributed by atoms with Crippen LogP contribution in [0.1, 0.15) is 29.3 Å². The van der Waals surface area contributed by atoms with Crippen molar-refractivity contribution in [1.29, 1.82) is 0 Å². The molecule has 1 atom stereocenters. The highest BCUT2D eigenvalue weighted by Gasteiger charge is 2.14. The minimum atomic E-state index is -0.346. The summed E-state index contributed by atoms with van der Waals surface area (Å²) in [5, 5.41) is 4.08. The fourth-order valence-electron chi connectivity index (χ4n) is 2.19. The van der Waals surface area contributed by atoms with E-state index in [1.807, 2.05) is 13.0 Å². The lowest BCUT2D eigenvalue weighted by Crippen LogP contribution is -2.29. The fourth-order valence-corrected chi connectivity index (χ4v) is 2.19. The van der Waals surface area contributed by atoms with Gasteiger partial charge in [-0.2, -0.15) is 0 Å². The molecule has 0 spiro atoms. The molecule has 0 bridgehead atoms. The number of aromatic nitrogens is 3. The summed E-state index contributed by atoms with van der Waals surface area (Å²) in [6.45, 7) is 1.82. The zero-order valence-corrected chi connectivity index (χ0v) is 11.4. The van der Waals surface area contributed by atoms with E-state index in [4.69, 9.17) is 0 Å². The summed E-state index contributed by atoms with van der Waals surface area (Å²) in [5.41, 5.74) is -0.0407. The average molecular weight is 282 g/mol. The smallest absolute Gasteiger partial charge is 0.268 e. The van der Waals surface area contributed by atoms with Crippen LogP contribution in [-0.4, -0.2) is 20.9 Å². The van der Waals surface area contributed by atoms with Crippen LogP contribution in [0.2, 0.25) is 0 Å². The number of aromatic amines is 2. The van der Waals surface area contributed by atoms with E-state index >= 15 is 0 Å². The van der Waals surface area contributed by atoms with E-state index in [2.05, 4.69) is 20.3 Å². The summed E-state index contributed by atoms with van der Waals surface area (Å²) in [6, 6.07) is 8.53. The van der Waals surface area contributed by atoms with E-state index in [1.165, 1.54) is 0 Å². The van der Waals surface area contributed by atoms with Gasteiger partial charge < -0.3 is 15.3 Å². The maximum atomic E-state index is 12.2. The predicted octanol–water partition coefficient (Wildman–Crippen LogP) is 1.74. The van der Waals surface area contributed by atoms with Crippen LogP contribution in [0.4, 0.5) is 0 Å². The Bertz CT molecular complexity index is 836. The lowest BCUT2D eigenvalue weighted by molar-refractivity contribution is 0.0933. The van der Waals surface area contributed by atoms with Crippen molar-refractivity contribution in [3.63, 3.8) is 0 Å². The Hall–Kier alpha value is -2.89. The molecule has 6 heteroatoms. The molecule has 0 saturated carbocycles. The van der Waals surface area contributed by atoms with Crippen molar-refractivity contribution in [2.75, 3.05) is 0 Å². The highest BCUT2D eigenvalue weighted by Crippen LogP contribution is 2.11. The summed E-state index contributed by atoms with van der Waals surface area (Å²) in [5.74, 6) is 0.313. The highest BCUT2D eigenvalue weighted by molar-refractivity contribution is 5.96. The third kappa shape index (κ3) is 2.55. The molecule has 1 amide bonds. The van der Waals surface area contributed by atoms with Gasteiger partial charge in [0.25, 0.3) is 11.5 Å². The summed E-state index contributed by atoms with van der Waals surface area (Å²) in [7, 11) is 0. The van der Waals surface area contributed by atoms with Crippen molar-refractivity contribution in [1.82, 2.24) is 20.3 Å². The Kier molecular flexibility index (Phi) is 3.27. The Balaban J connectivity index is 1.90. The number of nitrogens with zero attached hydrogens (tertiary/aromatic N) is 1. The first-order valence-electron chi connectivity index (χ1n) is 6.57. The first-order chi connectivity index (χ1) is 10.1. The molecule has 3 rings (SSSR count). The van der Waals surface area contributed by atoms with Crippen molar-refractivity contribution in [3.05, 3.63) is 64.6 Å². The molecule has 0 aliphatic carbocycles. The monoisotopic (exact) mass is 282 g/mol. The molecule has 3 N–H and O–H groups in total. The first-order valence-corrected chi connectivity index (χ1v) is 6.57. The minimum Gasteiger partial charge on any atom is -0.347 e. The molecule has 0 fully saturated rings. The number of H-pyrrole nitrogens is 2. The Morgan fingerprint density at radius 2 is 2.14 bits per heavy atom. The van der Waals surface area contributed by atoms with Crippen LogP contribution < -0.4 is 10.9 Å². The Morgan fingerprint density at radius 1 is 1.33 bits per heavy atom. The third-order valence-corrected chi connectivity index (χ3v) is 3.28. The van der Waals surface area contributed by atoms with Gasteiger partial charge in [0.2, 0.25) is 0 Å². The number of rotatable bonds is 3. The van der Waals surface area contributed by atoms with Gasteiger partial charge in [-0.3, -0.25) is 9.59 Å². The predicted molar refractivity (Wildman–Crippen MR) is 79.0 cm³/mol. The number of hydrogen-bond acceptors (Lipinski definition) is 3. The van der Waals surface area contributed by atoms with Gasteiger partial charge in [0.15, 0.2) is 0 Å². The Morgan fingerprint density at radius 3 is 2.90 bits per heavy atom. The number of imidazole rings is 1. The van der Waals surface area contributed by atoms with Crippen molar-refractivity contribution in [2.45, 2.75) is 13.0 Å². The lowest BCUT2D eigenvalue weighted by atomic mass is 10.1. The molecule has 1 aromatic carbocycles. The van der Waals surface area contributed by atoms with Gasteiger partial charge in [0.1, 0.15) is 11.5 Å². The quantitative estimate of drug-likeness (QED) is 0.683. The third-order valence-electron chi connectivity index (χ3n) is 3.28. The number of carbonyl (C=O) groups is 1. The van der Waals surface area contributed by atoms with E-state index in [0.717, 1.165) is 5.39 Å². The maximum absolute atomic E-state index is 12.2. The van der Waals surface area contributed by atoms with Crippen LogP contribution in [0.15, 0.2) is 47.5 Å². The molecule has 0 aliphatic heterocycles. The molecule has 1 unspecified atom stereocenters. The number of nitrogens with one attached hydrogen (secondary N) is 3. The summed E-state index contributed by atoms with van der Waals surface area (Å²) in [6.07, 6.45) is 3.31. The molecule has 3 aromatic rings. The van der Waals surface area contributed by atoms with Gasteiger partial charge in [0, 0.05) is 17.8 Å². The van der Waals surface area contributed by atoms with Crippen LogP contribution in [0, 0.1) is 0 Å². The summed E-state index contributed by atoms with van der Waals surface area (Å²) >= 11 is 0. The van der Waals surface area contributed by atoms with E-state index in [0.29, 0.717) is 11.2 Å². The highest BCUT2D eigenvalue weighted by atomic mass is 16.2. The van der Waals surface area contributed by atoms with Gasteiger partial charge in [0.05, 0.1) is 6.04 Å². The molecule has 0 saturated heterocycles. The molecule has 2 heterocycles. The molecule has 6 nitrogen and oxygen atoms in total. The molecule has 0 aliphatic rings. The van der Waals surface area contributed by atoms with E-state index in [-0.39, 0.29) is 23.2 Å². The second-order valence-corrected chi connectivity index (χ2v) is 4.77. The largest absolute Gasteiger partial charge is 0.347 e. The van der Waals surface area contributed by atoms with Gasteiger partial charge in [-0.1, -0.05) is 18.2 Å². The van der Waals surface area contributed by atoms with Gasteiger partial charge in [-0.25, -0.2) is 4.98 Å². The molecule has 0 radical (unpaired) electrons. The van der Waals surface area contributed by atoms with Crippen LogP contribution >= 0.6 is 0 Å². The number of pyridine rings is 1. The summed E-state index contributed by atoms with van der Waals surface area (Å²) in [4.78, 5) is 33.8. The van der Waals surface area contributed by atoms with Gasteiger partial charge in [-0.05, 0) is 24.4 Å². The van der Waals surface area contributed by atoms with Crippen LogP contribution in [0.5, 0.6) is 0 Å². The van der Waals surface area contributed by atoms with Crippen molar-refractivity contribution >= 4 is 16.7 Å². The molecule has 21 heavy (non-hydrogen) atoms. The van der Waals surface area contributed by atoms with E-state index < -0.39 is 0 Å². The first kappa shape index (κ1) is 13.1. The number of hydrogen-bond donors (Lipinski definition) is 3. The summed E-state index contributed by atoms with van der Waals surface area (Å²) < 4.78 is 0. The van der Waals surface area contributed by atoms with Crippen LogP contribution in [0.25, 0.3) is 10.8 Å². The van der Waals surface area contributed by atoms with Crippen LogP contribution in [-0.2, 0) is 0 Å². The zero-order chi connectivity index (χ0) is 14.8. The Labute approximate surface area is 120 Å². The SMILES string of the molecule is CC(NC(=O)c1cc2ccccc2c(=O)[nH]1)c1ncc[nH]1. The molecular weight excluding hydrogens is 268 g/mol. The average Bonchev–Trinajstić information content (AvgIpc) is 3.01. The molecule has 2 aromatic heterocycles. The zero-order valence-electron chi connectivity index (χ0n) is 11.4. The van der Waals surface area contributed by atoms with Crippen molar-refractivity contribution < 1.29 is 4.79 Å². The topological polar surface area (TPSA) is 90.6 Å². The minimum absolute atomic E-state index is 0.233. The number of benzene rings is 1. The number of amides is 1. The molecule has 106 valence electrons. The maximum Gasteiger partial charge on any atom is 0.268 e. The van der Waals surface area contributed by atoms with Crippen molar-refractivity contribution in [2.24, 2.45) is 0 Å². The van der Waals surface area contributed by atoms with Gasteiger partial charge in [-0.15, -0.1) is 0 Å². The number of fused-ring (bicyclic) bond motifs is 1. The lowest BCUT2D eigenvalue weighted by Gasteiger charge is -2.11. The second-order valence-electron chi connectivity index (χ2n) is 4.77. The normalized spacial score (nSPS) is 12.2. The van der Waals surface area contributed by atoms with Crippen LogP contribution in [0.3, 0.4) is 0 Å². The standard InChI is InChI=1S/C15H14N4O2/c1-9(13-16-6-7-17-13)18-15(21)12-8-10-4-2-3-5-11(10)14(20)19-12/h2-9H,1H3,(H,16,17)(H,18,21)(H,19,20). The number of carbonyl (C=O) groups excluding carboxylic acids is 1. The van der Waals surface area contributed by atoms with E-state index in [9.17, 15) is 9.59 Å². The van der Waals surface area contributed by atoms with Crippen molar-refractivity contribution in [3.8, 4) is 0 Å². The van der Waals surface area contributed by atoms with Gasteiger partial charge >= 0.3 is 0 Å². The van der Waals surface area contributed by atoms with E-state index in [1.54, 1.807) is 36.7 Å². The second kappa shape index (κ2) is 5.24. The fraction of sp³-hybridized carbons (Fsp3) is 0.133. The molecular formula is C15H14N4O2.